The van der Waals surface area contributed by atoms with Crippen molar-refractivity contribution in [2.45, 2.75) is 45.2 Å². The fourth-order valence-corrected chi connectivity index (χ4v) is 2.61. The van der Waals surface area contributed by atoms with Crippen LogP contribution in [0.25, 0.3) is 0 Å². The molecule has 2 rings (SSSR count). The van der Waals surface area contributed by atoms with Gasteiger partial charge in [0, 0.05) is 31.8 Å². The average molecular weight is 226 g/mol. The van der Waals surface area contributed by atoms with Crippen LogP contribution in [0.2, 0.25) is 0 Å². The molecular weight excluding hydrogens is 200 g/mol. The first-order chi connectivity index (χ1) is 7.81. The van der Waals surface area contributed by atoms with Gasteiger partial charge in [0.1, 0.15) is 0 Å². The maximum Gasteiger partial charge on any atom is 0.0593 e. The molecule has 1 heterocycles. The Morgan fingerprint density at radius 3 is 2.81 bits per heavy atom. The van der Waals surface area contributed by atoms with Gasteiger partial charge < -0.3 is 10.1 Å². The fraction of sp³-hybridized carbons (Fsp3) is 1.00. The van der Waals surface area contributed by atoms with Gasteiger partial charge in [-0.3, -0.25) is 4.90 Å². The summed E-state index contributed by atoms with van der Waals surface area (Å²) < 4.78 is 5.47. The zero-order chi connectivity index (χ0) is 11.4. The normalized spacial score (nSPS) is 32.6. The number of hydrogen-bond acceptors (Lipinski definition) is 3. The van der Waals surface area contributed by atoms with Crippen molar-refractivity contribution in [1.82, 2.24) is 10.2 Å². The molecule has 3 nitrogen and oxygen atoms in total. The van der Waals surface area contributed by atoms with Gasteiger partial charge in [0.05, 0.1) is 6.61 Å². The van der Waals surface area contributed by atoms with Gasteiger partial charge in [-0.15, -0.1) is 0 Å². The van der Waals surface area contributed by atoms with E-state index in [0.29, 0.717) is 6.04 Å². The molecule has 2 atom stereocenters. The van der Waals surface area contributed by atoms with E-state index in [1.807, 2.05) is 0 Å². The Kier molecular flexibility index (Phi) is 4.62. The molecule has 1 N–H and O–H groups in total. The molecule has 16 heavy (non-hydrogen) atoms. The lowest BCUT2D eigenvalue weighted by molar-refractivity contribution is 0.0954. The second kappa shape index (κ2) is 5.99. The SMILES string of the molecule is CCOCCN1CC(C2CC2)NCCC1C. The van der Waals surface area contributed by atoms with Gasteiger partial charge in [-0.1, -0.05) is 0 Å². The van der Waals surface area contributed by atoms with Gasteiger partial charge in [0.15, 0.2) is 0 Å². The van der Waals surface area contributed by atoms with E-state index in [1.165, 1.54) is 32.4 Å². The van der Waals surface area contributed by atoms with E-state index in [1.54, 1.807) is 0 Å². The molecule has 1 saturated carbocycles. The summed E-state index contributed by atoms with van der Waals surface area (Å²) in [7, 11) is 0. The first kappa shape index (κ1) is 12.3. The van der Waals surface area contributed by atoms with Crippen molar-refractivity contribution in [1.29, 1.82) is 0 Å². The second-order valence-electron chi connectivity index (χ2n) is 5.23. The lowest BCUT2D eigenvalue weighted by atomic mass is 10.1. The molecule has 94 valence electrons. The fourth-order valence-electron chi connectivity index (χ4n) is 2.61. The van der Waals surface area contributed by atoms with Crippen LogP contribution in [0.1, 0.15) is 33.1 Å². The summed E-state index contributed by atoms with van der Waals surface area (Å²) in [5, 5.41) is 3.71. The van der Waals surface area contributed by atoms with Crippen LogP contribution >= 0.6 is 0 Å². The summed E-state index contributed by atoms with van der Waals surface area (Å²) in [6, 6.07) is 1.45. The molecule has 2 fully saturated rings. The number of rotatable bonds is 5. The topological polar surface area (TPSA) is 24.5 Å². The molecule has 1 saturated heterocycles. The van der Waals surface area contributed by atoms with Crippen LogP contribution in [0.4, 0.5) is 0 Å². The highest BCUT2D eigenvalue weighted by molar-refractivity contribution is 4.91. The maximum absolute atomic E-state index is 5.47. The van der Waals surface area contributed by atoms with E-state index in [-0.39, 0.29) is 0 Å². The maximum atomic E-state index is 5.47. The zero-order valence-corrected chi connectivity index (χ0v) is 10.7. The van der Waals surface area contributed by atoms with Crippen LogP contribution in [0, 0.1) is 5.92 Å². The Hall–Kier alpha value is -0.120. The van der Waals surface area contributed by atoms with Crippen LogP contribution in [0.5, 0.6) is 0 Å². The molecular formula is C13H26N2O. The highest BCUT2D eigenvalue weighted by Gasteiger charge is 2.34. The summed E-state index contributed by atoms with van der Waals surface area (Å²) in [6.07, 6.45) is 4.14. The van der Waals surface area contributed by atoms with Crippen LogP contribution in [-0.4, -0.2) is 49.8 Å². The van der Waals surface area contributed by atoms with Crippen molar-refractivity contribution in [3.05, 3.63) is 0 Å². The van der Waals surface area contributed by atoms with E-state index in [2.05, 4.69) is 24.1 Å². The van der Waals surface area contributed by atoms with Crippen molar-refractivity contribution < 1.29 is 4.74 Å². The Labute approximate surface area is 99.5 Å². The van der Waals surface area contributed by atoms with Crippen LogP contribution in [-0.2, 0) is 4.74 Å². The molecule has 0 aromatic heterocycles. The monoisotopic (exact) mass is 226 g/mol. The lowest BCUT2D eigenvalue weighted by Crippen LogP contribution is -2.42. The minimum absolute atomic E-state index is 0.705. The van der Waals surface area contributed by atoms with E-state index in [9.17, 15) is 0 Å². The smallest absolute Gasteiger partial charge is 0.0593 e. The number of nitrogens with one attached hydrogen (secondary N) is 1. The van der Waals surface area contributed by atoms with Crippen molar-refractivity contribution >= 4 is 0 Å². The van der Waals surface area contributed by atoms with Crippen molar-refractivity contribution in [2.24, 2.45) is 5.92 Å². The third-order valence-electron chi connectivity index (χ3n) is 3.94. The third kappa shape index (κ3) is 3.44. The molecule has 0 radical (unpaired) electrons. The predicted molar refractivity (Wildman–Crippen MR) is 66.7 cm³/mol. The summed E-state index contributed by atoms with van der Waals surface area (Å²) in [6.45, 7) is 9.65. The lowest BCUT2D eigenvalue weighted by Gasteiger charge is -2.28. The first-order valence-corrected chi connectivity index (χ1v) is 6.86. The van der Waals surface area contributed by atoms with Gasteiger partial charge in [-0.25, -0.2) is 0 Å². The number of ether oxygens (including phenoxy) is 1. The van der Waals surface area contributed by atoms with E-state index < -0.39 is 0 Å². The summed E-state index contributed by atoms with van der Waals surface area (Å²) >= 11 is 0. The summed E-state index contributed by atoms with van der Waals surface area (Å²) in [4.78, 5) is 2.61. The van der Waals surface area contributed by atoms with E-state index in [0.717, 1.165) is 31.7 Å². The standard InChI is InChI=1S/C13H26N2O/c1-3-16-9-8-15-10-13(12-4-5-12)14-7-6-11(15)2/h11-14H,3-10H2,1-2H3. The molecule has 1 aliphatic heterocycles. The van der Waals surface area contributed by atoms with Crippen LogP contribution in [0.15, 0.2) is 0 Å². The van der Waals surface area contributed by atoms with Gasteiger partial charge in [-0.2, -0.15) is 0 Å². The number of nitrogens with zero attached hydrogens (tertiary/aromatic N) is 1. The third-order valence-corrected chi connectivity index (χ3v) is 3.94. The molecule has 2 unspecified atom stereocenters. The van der Waals surface area contributed by atoms with E-state index >= 15 is 0 Å². The van der Waals surface area contributed by atoms with Gasteiger partial charge >= 0.3 is 0 Å². The second-order valence-corrected chi connectivity index (χ2v) is 5.23. The first-order valence-electron chi connectivity index (χ1n) is 6.86. The van der Waals surface area contributed by atoms with Gasteiger partial charge in [0.25, 0.3) is 0 Å². The van der Waals surface area contributed by atoms with Gasteiger partial charge in [0.2, 0.25) is 0 Å². The molecule has 2 aliphatic rings. The number of hydrogen-bond donors (Lipinski definition) is 1. The Balaban J connectivity index is 1.80. The van der Waals surface area contributed by atoms with Crippen LogP contribution < -0.4 is 5.32 Å². The predicted octanol–water partition coefficient (Wildman–Crippen LogP) is 1.49. The highest BCUT2D eigenvalue weighted by Crippen LogP contribution is 2.33. The average Bonchev–Trinajstić information content (AvgIpc) is 3.08. The molecule has 0 aromatic rings. The largest absolute Gasteiger partial charge is 0.380 e. The molecule has 0 bridgehead atoms. The molecule has 0 spiro atoms. The Morgan fingerprint density at radius 1 is 1.31 bits per heavy atom. The van der Waals surface area contributed by atoms with Gasteiger partial charge in [-0.05, 0) is 45.6 Å². The molecule has 1 aliphatic carbocycles. The quantitative estimate of drug-likeness (QED) is 0.719. The van der Waals surface area contributed by atoms with Crippen molar-refractivity contribution in [3.8, 4) is 0 Å². The summed E-state index contributed by atoms with van der Waals surface area (Å²) in [5.41, 5.74) is 0. The minimum atomic E-state index is 0.705. The molecule has 3 heteroatoms. The Bertz CT molecular complexity index is 206. The highest BCUT2D eigenvalue weighted by atomic mass is 16.5. The van der Waals surface area contributed by atoms with E-state index in [4.69, 9.17) is 4.74 Å². The van der Waals surface area contributed by atoms with Crippen LogP contribution in [0.3, 0.4) is 0 Å². The molecule has 0 aromatic carbocycles. The van der Waals surface area contributed by atoms with Crippen molar-refractivity contribution in [2.75, 3.05) is 32.8 Å². The molecule has 0 amide bonds. The summed E-state index contributed by atoms with van der Waals surface area (Å²) in [5.74, 6) is 0.958. The zero-order valence-electron chi connectivity index (χ0n) is 10.7. The van der Waals surface area contributed by atoms with Crippen molar-refractivity contribution in [3.63, 3.8) is 0 Å². The minimum Gasteiger partial charge on any atom is -0.380 e. The Morgan fingerprint density at radius 2 is 2.12 bits per heavy atom.